The molecule has 33 heavy (non-hydrogen) atoms. The highest BCUT2D eigenvalue weighted by atomic mass is 35.5. The summed E-state index contributed by atoms with van der Waals surface area (Å²) >= 11 is 12.0. The Balaban J connectivity index is 1.82. The zero-order valence-corrected chi connectivity index (χ0v) is 19.4. The molecular weight excluding hydrogens is 492 g/mol. The Labute approximate surface area is 199 Å². The molecule has 170 valence electrons. The normalized spacial score (nSPS) is 11.0. The highest BCUT2D eigenvalue weighted by molar-refractivity contribution is 7.89. The van der Waals surface area contributed by atoms with Crippen molar-refractivity contribution >= 4 is 50.5 Å². The van der Waals surface area contributed by atoms with Gasteiger partial charge in [-0.2, -0.15) is 0 Å². The van der Waals surface area contributed by atoms with Crippen LogP contribution in [0.4, 0.5) is 15.8 Å². The lowest BCUT2D eigenvalue weighted by molar-refractivity contribution is -0.115. The Morgan fingerprint density at radius 2 is 1.91 bits per heavy atom. The van der Waals surface area contributed by atoms with Crippen molar-refractivity contribution in [2.45, 2.75) is 18.2 Å². The number of carbonyl (C=O) groups excluding carboxylic acids is 1. The van der Waals surface area contributed by atoms with Gasteiger partial charge in [0.2, 0.25) is 15.9 Å². The van der Waals surface area contributed by atoms with E-state index in [4.69, 9.17) is 39.6 Å². The summed E-state index contributed by atoms with van der Waals surface area (Å²) in [6, 6.07) is 10.9. The van der Waals surface area contributed by atoms with Gasteiger partial charge in [-0.25, -0.2) is 22.8 Å². The maximum atomic E-state index is 15.2. The predicted molar refractivity (Wildman–Crippen MR) is 124 cm³/mol. The first kappa shape index (κ1) is 24.5. The number of nitrogens with one attached hydrogen (secondary N) is 1. The van der Waals surface area contributed by atoms with E-state index in [1.165, 1.54) is 36.4 Å². The van der Waals surface area contributed by atoms with Gasteiger partial charge in [0.15, 0.2) is 17.3 Å². The topological polar surface area (TPSA) is 103 Å². The van der Waals surface area contributed by atoms with Crippen molar-refractivity contribution < 1.29 is 22.3 Å². The van der Waals surface area contributed by atoms with Gasteiger partial charge in [-0.3, -0.25) is 4.79 Å². The second kappa shape index (κ2) is 9.77. The van der Waals surface area contributed by atoms with Crippen molar-refractivity contribution in [3.8, 4) is 11.5 Å². The molecule has 0 radical (unpaired) electrons. The first-order valence-corrected chi connectivity index (χ1v) is 11.5. The molecule has 0 fully saturated rings. The number of aryl methyl sites for hydroxylation is 1. The molecule has 11 heteroatoms. The van der Waals surface area contributed by atoms with Gasteiger partial charge in [0.1, 0.15) is 5.75 Å². The van der Waals surface area contributed by atoms with Crippen LogP contribution in [0.3, 0.4) is 0 Å². The van der Waals surface area contributed by atoms with Crippen LogP contribution in [0.25, 0.3) is 4.85 Å². The van der Waals surface area contributed by atoms with E-state index < -0.39 is 21.7 Å². The molecule has 0 bridgehead atoms. The number of anilines is 1. The number of hydrogen-bond acceptors (Lipinski definition) is 4. The van der Waals surface area contributed by atoms with E-state index in [1.807, 2.05) is 0 Å². The van der Waals surface area contributed by atoms with Gasteiger partial charge in [0.05, 0.1) is 28.6 Å². The number of halogens is 3. The van der Waals surface area contributed by atoms with E-state index in [0.29, 0.717) is 5.56 Å². The predicted octanol–water partition coefficient (Wildman–Crippen LogP) is 5.61. The number of rotatable bonds is 6. The molecule has 3 aromatic carbocycles. The van der Waals surface area contributed by atoms with E-state index in [9.17, 15) is 13.2 Å². The Bertz CT molecular complexity index is 1410. The minimum atomic E-state index is -3.95. The van der Waals surface area contributed by atoms with Crippen molar-refractivity contribution in [2.24, 2.45) is 5.14 Å². The fourth-order valence-corrected chi connectivity index (χ4v) is 3.94. The molecule has 0 aliphatic rings. The summed E-state index contributed by atoms with van der Waals surface area (Å²) in [5, 5.41) is 7.78. The highest BCUT2D eigenvalue weighted by Gasteiger charge is 2.18. The second-order valence-electron chi connectivity index (χ2n) is 6.96. The smallest absolute Gasteiger partial charge is 0.238 e. The average Bonchev–Trinajstić information content (AvgIpc) is 2.73. The molecule has 0 spiro atoms. The van der Waals surface area contributed by atoms with Gasteiger partial charge in [0.25, 0.3) is 0 Å². The Kier molecular flexibility index (Phi) is 7.25. The molecule has 0 aromatic heterocycles. The summed E-state index contributed by atoms with van der Waals surface area (Å²) in [6.07, 6.45) is -0.349. The lowest BCUT2D eigenvalue weighted by atomic mass is 10.1. The number of nitrogens with two attached hydrogens (primary N) is 1. The van der Waals surface area contributed by atoms with Gasteiger partial charge in [-0.1, -0.05) is 35.3 Å². The van der Waals surface area contributed by atoms with E-state index in [2.05, 4.69) is 10.2 Å². The van der Waals surface area contributed by atoms with Gasteiger partial charge in [-0.05, 0) is 48.9 Å². The van der Waals surface area contributed by atoms with Crippen LogP contribution in [0.2, 0.25) is 10.0 Å². The van der Waals surface area contributed by atoms with Crippen LogP contribution >= 0.6 is 23.2 Å². The molecule has 1 amide bonds. The minimum Gasteiger partial charge on any atom is -0.455 e. The number of benzene rings is 3. The molecule has 3 N–H and O–H groups in total. The van der Waals surface area contributed by atoms with Crippen molar-refractivity contribution in [2.75, 3.05) is 5.32 Å². The monoisotopic (exact) mass is 507 g/mol. The Morgan fingerprint density at radius 3 is 2.55 bits per heavy atom. The standard InChI is InChI=1S/C22H16Cl2FN3O4S/c1-12-3-4-13(21(25)22(12)32-16-9-14(23)8-15(10-16)27-2)7-20(29)28-19-6-5-17(11-18(19)24)33(26,30)31/h3-6,8-11H,7H2,1H3,(H,28,29)(H2,26,30,31). The molecule has 0 saturated heterocycles. The summed E-state index contributed by atoms with van der Waals surface area (Å²) in [5.74, 6) is -1.26. The zero-order valence-electron chi connectivity index (χ0n) is 17.0. The van der Waals surface area contributed by atoms with Crippen LogP contribution < -0.4 is 15.2 Å². The lowest BCUT2D eigenvalue weighted by Gasteiger charge is -2.14. The highest BCUT2D eigenvalue weighted by Crippen LogP contribution is 2.34. The molecule has 0 unspecified atom stereocenters. The number of amides is 1. The summed E-state index contributed by atoms with van der Waals surface area (Å²) in [4.78, 5) is 15.6. The zero-order chi connectivity index (χ0) is 24.3. The number of nitrogens with zero attached hydrogens (tertiary/aromatic N) is 1. The number of primary sulfonamides is 1. The van der Waals surface area contributed by atoms with Crippen molar-refractivity contribution in [3.05, 3.63) is 86.9 Å². The van der Waals surface area contributed by atoms with Gasteiger partial charge in [0, 0.05) is 10.6 Å². The largest absolute Gasteiger partial charge is 0.455 e. The summed E-state index contributed by atoms with van der Waals surface area (Å²) < 4.78 is 43.6. The average molecular weight is 508 g/mol. The fraction of sp³-hybridized carbons (Fsp3) is 0.0909. The van der Waals surface area contributed by atoms with E-state index in [1.54, 1.807) is 13.0 Å². The molecule has 0 aliphatic carbocycles. The van der Waals surface area contributed by atoms with Crippen LogP contribution in [-0.2, 0) is 21.2 Å². The molecule has 0 heterocycles. The quantitative estimate of drug-likeness (QED) is 0.423. The number of ether oxygens (including phenoxy) is 1. The third-order valence-corrected chi connectivity index (χ3v) is 5.92. The SMILES string of the molecule is [C-]#[N+]c1cc(Cl)cc(Oc2c(C)ccc(CC(=O)Nc3ccc(S(N)(=O)=O)cc3Cl)c2F)c1. The number of sulfonamides is 1. The van der Waals surface area contributed by atoms with Crippen LogP contribution in [0, 0.1) is 19.3 Å². The minimum absolute atomic E-state index is 0.0418. The van der Waals surface area contributed by atoms with E-state index >= 15 is 4.39 Å². The van der Waals surface area contributed by atoms with E-state index in [0.717, 1.165) is 6.07 Å². The molecule has 0 atom stereocenters. The molecule has 3 aromatic rings. The molecule has 0 saturated carbocycles. The van der Waals surface area contributed by atoms with Crippen molar-refractivity contribution in [1.29, 1.82) is 0 Å². The van der Waals surface area contributed by atoms with Crippen LogP contribution in [-0.4, -0.2) is 14.3 Å². The maximum absolute atomic E-state index is 15.2. The third-order valence-electron chi connectivity index (χ3n) is 4.47. The fourth-order valence-electron chi connectivity index (χ4n) is 2.89. The first-order chi connectivity index (χ1) is 15.5. The van der Waals surface area contributed by atoms with Gasteiger partial charge in [-0.15, -0.1) is 0 Å². The summed E-state index contributed by atoms with van der Waals surface area (Å²) in [5.41, 5.74) is 0.903. The molecule has 0 aliphatic heterocycles. The van der Waals surface area contributed by atoms with Crippen molar-refractivity contribution in [3.63, 3.8) is 0 Å². The van der Waals surface area contributed by atoms with Crippen molar-refractivity contribution in [1.82, 2.24) is 0 Å². The first-order valence-electron chi connectivity index (χ1n) is 9.24. The Hall–Kier alpha value is -3.16. The van der Waals surface area contributed by atoms with E-state index in [-0.39, 0.29) is 49.8 Å². The number of hydrogen-bond donors (Lipinski definition) is 2. The summed E-state index contributed by atoms with van der Waals surface area (Å²) in [6.45, 7) is 8.74. The Morgan fingerprint density at radius 1 is 1.18 bits per heavy atom. The van der Waals surface area contributed by atoms with Crippen LogP contribution in [0.1, 0.15) is 11.1 Å². The lowest BCUT2D eigenvalue weighted by Crippen LogP contribution is -2.16. The maximum Gasteiger partial charge on any atom is 0.238 e. The molecule has 3 rings (SSSR count). The second-order valence-corrected chi connectivity index (χ2v) is 9.36. The van der Waals surface area contributed by atoms with Gasteiger partial charge >= 0.3 is 0 Å². The third kappa shape index (κ3) is 6.00. The van der Waals surface area contributed by atoms with Gasteiger partial charge < -0.3 is 10.1 Å². The van der Waals surface area contributed by atoms with Crippen LogP contribution in [0.15, 0.2) is 53.4 Å². The van der Waals surface area contributed by atoms with Crippen LogP contribution in [0.5, 0.6) is 11.5 Å². The number of carbonyl (C=O) groups is 1. The molecular formula is C22H16Cl2FN3O4S. The molecule has 7 nitrogen and oxygen atoms in total. The summed E-state index contributed by atoms with van der Waals surface area (Å²) in [7, 11) is -3.95.